The van der Waals surface area contributed by atoms with Crippen molar-refractivity contribution in [2.75, 3.05) is 6.54 Å². The van der Waals surface area contributed by atoms with E-state index in [4.69, 9.17) is 5.11 Å². The molecular weight excluding hydrogens is 350 g/mol. The predicted molar refractivity (Wildman–Crippen MR) is 98.6 cm³/mol. The van der Waals surface area contributed by atoms with E-state index in [1.54, 1.807) is 44.2 Å². The molecule has 27 heavy (non-hydrogen) atoms. The first-order valence-electron chi connectivity index (χ1n) is 8.32. The molecule has 0 spiro atoms. The van der Waals surface area contributed by atoms with Crippen LogP contribution in [0.25, 0.3) is 0 Å². The molecule has 1 aromatic heterocycles. The SMILES string of the molecule is Cc1cc(C)c(C(=O)N[C@@H](Cc2ccccc2)C(=O)NCC(=O)O)c(=O)[nH]1. The largest absolute Gasteiger partial charge is 0.480 e. The molecule has 142 valence electrons. The van der Waals surface area contributed by atoms with Gasteiger partial charge in [-0.1, -0.05) is 30.3 Å². The third-order valence-electron chi connectivity index (χ3n) is 3.91. The molecule has 2 aromatic rings. The summed E-state index contributed by atoms with van der Waals surface area (Å²) in [6.45, 7) is 2.77. The molecule has 2 rings (SSSR count). The second kappa shape index (κ2) is 8.79. The fourth-order valence-corrected chi connectivity index (χ4v) is 2.71. The van der Waals surface area contributed by atoms with E-state index < -0.39 is 35.9 Å². The van der Waals surface area contributed by atoms with Crippen LogP contribution in [0.4, 0.5) is 0 Å². The van der Waals surface area contributed by atoms with Gasteiger partial charge in [0.25, 0.3) is 11.5 Å². The first-order chi connectivity index (χ1) is 12.8. The zero-order valence-corrected chi connectivity index (χ0v) is 15.0. The second-order valence-electron chi connectivity index (χ2n) is 6.17. The maximum Gasteiger partial charge on any atom is 0.322 e. The molecule has 0 saturated heterocycles. The van der Waals surface area contributed by atoms with Gasteiger partial charge in [-0.05, 0) is 31.0 Å². The van der Waals surface area contributed by atoms with Crippen LogP contribution in [0.5, 0.6) is 0 Å². The van der Waals surface area contributed by atoms with E-state index in [9.17, 15) is 19.2 Å². The van der Waals surface area contributed by atoms with E-state index in [2.05, 4.69) is 15.6 Å². The second-order valence-corrected chi connectivity index (χ2v) is 6.17. The number of hydrogen-bond donors (Lipinski definition) is 4. The molecule has 1 atom stereocenters. The highest BCUT2D eigenvalue weighted by Crippen LogP contribution is 2.07. The topological polar surface area (TPSA) is 128 Å². The van der Waals surface area contributed by atoms with Crippen molar-refractivity contribution in [3.8, 4) is 0 Å². The van der Waals surface area contributed by atoms with Gasteiger partial charge < -0.3 is 20.7 Å². The Hall–Kier alpha value is -3.42. The van der Waals surface area contributed by atoms with Crippen molar-refractivity contribution in [3.63, 3.8) is 0 Å². The summed E-state index contributed by atoms with van der Waals surface area (Å²) in [6, 6.07) is 9.60. The Bertz CT molecular complexity index is 905. The fourth-order valence-electron chi connectivity index (χ4n) is 2.71. The lowest BCUT2D eigenvalue weighted by Gasteiger charge is -2.18. The number of H-pyrrole nitrogens is 1. The zero-order chi connectivity index (χ0) is 20.0. The molecule has 4 N–H and O–H groups in total. The molecule has 2 amide bonds. The summed E-state index contributed by atoms with van der Waals surface area (Å²) < 4.78 is 0. The Balaban J connectivity index is 2.25. The van der Waals surface area contributed by atoms with Crippen LogP contribution in [0.3, 0.4) is 0 Å². The average molecular weight is 371 g/mol. The van der Waals surface area contributed by atoms with Crippen molar-refractivity contribution in [2.24, 2.45) is 0 Å². The summed E-state index contributed by atoms with van der Waals surface area (Å²) in [5.74, 6) is -2.53. The Kier molecular flexibility index (Phi) is 6.48. The third-order valence-corrected chi connectivity index (χ3v) is 3.91. The number of nitrogens with one attached hydrogen (secondary N) is 3. The first-order valence-corrected chi connectivity index (χ1v) is 8.32. The van der Waals surface area contributed by atoms with Gasteiger partial charge in [-0.2, -0.15) is 0 Å². The number of aromatic nitrogens is 1. The third kappa shape index (κ3) is 5.53. The molecule has 0 aliphatic carbocycles. The molecule has 0 saturated carbocycles. The van der Waals surface area contributed by atoms with E-state index in [1.165, 1.54) is 0 Å². The predicted octanol–water partition coefficient (Wildman–Crippen LogP) is 0.534. The Morgan fingerprint density at radius 1 is 1.15 bits per heavy atom. The molecule has 8 heteroatoms. The van der Waals surface area contributed by atoms with Crippen LogP contribution in [0.2, 0.25) is 0 Å². The number of hydrogen-bond acceptors (Lipinski definition) is 4. The van der Waals surface area contributed by atoms with Gasteiger partial charge in [0.15, 0.2) is 0 Å². The number of aryl methyl sites for hydroxylation is 2. The van der Waals surface area contributed by atoms with E-state index in [1.807, 2.05) is 6.07 Å². The van der Waals surface area contributed by atoms with Gasteiger partial charge in [0.05, 0.1) is 0 Å². The normalized spacial score (nSPS) is 11.5. The van der Waals surface area contributed by atoms with E-state index in [0.717, 1.165) is 5.56 Å². The highest BCUT2D eigenvalue weighted by Gasteiger charge is 2.24. The number of aromatic amines is 1. The number of carbonyl (C=O) groups is 3. The molecule has 8 nitrogen and oxygen atoms in total. The van der Waals surface area contributed by atoms with Crippen LogP contribution < -0.4 is 16.2 Å². The van der Waals surface area contributed by atoms with Crippen LogP contribution >= 0.6 is 0 Å². The summed E-state index contributed by atoms with van der Waals surface area (Å²) in [7, 11) is 0. The highest BCUT2D eigenvalue weighted by atomic mass is 16.4. The maximum absolute atomic E-state index is 12.6. The number of benzene rings is 1. The summed E-state index contributed by atoms with van der Waals surface area (Å²) in [5.41, 5.74) is 1.26. The molecule has 0 radical (unpaired) electrons. The maximum atomic E-state index is 12.6. The van der Waals surface area contributed by atoms with E-state index in [-0.39, 0.29) is 12.0 Å². The monoisotopic (exact) mass is 371 g/mol. The molecule has 0 aliphatic rings. The first kappa shape index (κ1) is 19.9. The number of pyridine rings is 1. The van der Waals surface area contributed by atoms with Crippen molar-refractivity contribution in [2.45, 2.75) is 26.3 Å². The molecule has 0 aliphatic heterocycles. The number of carboxylic acids is 1. The number of rotatable bonds is 7. The fraction of sp³-hybridized carbons (Fsp3) is 0.263. The van der Waals surface area contributed by atoms with Gasteiger partial charge in [-0.25, -0.2) is 0 Å². The van der Waals surface area contributed by atoms with Gasteiger partial charge in [-0.3, -0.25) is 19.2 Å². The molecule has 0 bridgehead atoms. The molecule has 1 aromatic carbocycles. The number of carboxylic acid groups (broad SMARTS) is 1. The Morgan fingerprint density at radius 3 is 2.41 bits per heavy atom. The lowest BCUT2D eigenvalue weighted by atomic mass is 10.0. The number of carbonyl (C=O) groups excluding carboxylic acids is 2. The van der Waals surface area contributed by atoms with Crippen LogP contribution in [0.15, 0.2) is 41.2 Å². The van der Waals surface area contributed by atoms with Gasteiger partial charge in [-0.15, -0.1) is 0 Å². The lowest BCUT2D eigenvalue weighted by molar-refractivity contribution is -0.138. The number of aliphatic carboxylic acids is 1. The summed E-state index contributed by atoms with van der Waals surface area (Å²) >= 11 is 0. The molecule has 0 unspecified atom stereocenters. The van der Waals surface area contributed by atoms with Crippen LogP contribution in [0.1, 0.15) is 27.2 Å². The van der Waals surface area contributed by atoms with Crippen molar-refractivity contribution in [1.82, 2.24) is 15.6 Å². The smallest absolute Gasteiger partial charge is 0.322 e. The summed E-state index contributed by atoms with van der Waals surface area (Å²) in [5, 5.41) is 13.5. The zero-order valence-electron chi connectivity index (χ0n) is 15.0. The van der Waals surface area contributed by atoms with Gasteiger partial charge in [0, 0.05) is 12.1 Å². The Morgan fingerprint density at radius 2 is 1.81 bits per heavy atom. The van der Waals surface area contributed by atoms with E-state index in [0.29, 0.717) is 11.3 Å². The highest BCUT2D eigenvalue weighted by molar-refractivity contribution is 5.98. The molecular formula is C19H21N3O5. The van der Waals surface area contributed by atoms with Gasteiger partial charge >= 0.3 is 5.97 Å². The quantitative estimate of drug-likeness (QED) is 0.564. The average Bonchev–Trinajstić information content (AvgIpc) is 2.59. The van der Waals surface area contributed by atoms with Gasteiger partial charge in [0.2, 0.25) is 5.91 Å². The minimum Gasteiger partial charge on any atom is -0.480 e. The van der Waals surface area contributed by atoms with Crippen molar-refractivity contribution >= 4 is 17.8 Å². The van der Waals surface area contributed by atoms with Gasteiger partial charge in [0.1, 0.15) is 18.2 Å². The minimum absolute atomic E-state index is 0.0790. The summed E-state index contributed by atoms with van der Waals surface area (Å²) in [6.07, 6.45) is 0.154. The minimum atomic E-state index is -1.20. The van der Waals surface area contributed by atoms with E-state index >= 15 is 0 Å². The number of amides is 2. The Labute approximate surface area is 155 Å². The lowest BCUT2D eigenvalue weighted by Crippen LogP contribution is -2.50. The van der Waals surface area contributed by atoms with Crippen LogP contribution in [-0.2, 0) is 16.0 Å². The molecule has 0 fully saturated rings. The van der Waals surface area contributed by atoms with Crippen molar-refractivity contribution in [1.29, 1.82) is 0 Å². The standard InChI is InChI=1S/C19H21N3O5/c1-11-8-12(2)21-18(26)16(11)19(27)22-14(17(25)20-10-15(23)24)9-13-6-4-3-5-7-13/h3-8,14H,9-10H2,1-2H3,(H,20,25)(H,21,26)(H,22,27)(H,23,24)/t14-/m0/s1. The van der Waals surface area contributed by atoms with Crippen molar-refractivity contribution in [3.05, 3.63) is 69.1 Å². The molecule has 1 heterocycles. The van der Waals surface area contributed by atoms with Crippen LogP contribution in [0, 0.1) is 13.8 Å². The summed E-state index contributed by atoms with van der Waals surface area (Å²) in [4.78, 5) is 50.4. The van der Waals surface area contributed by atoms with Crippen molar-refractivity contribution < 1.29 is 19.5 Å². The van der Waals surface area contributed by atoms with Crippen LogP contribution in [-0.4, -0.2) is 40.5 Å².